The molecule has 0 aliphatic carbocycles. The minimum atomic E-state index is 0. The van der Waals surface area contributed by atoms with Gasteiger partial charge in [-0.2, -0.15) is 0 Å². The number of aromatic nitrogens is 2. The van der Waals surface area contributed by atoms with E-state index in [-0.39, 0.29) is 12.4 Å². The summed E-state index contributed by atoms with van der Waals surface area (Å²) in [6.07, 6.45) is 1.93. The van der Waals surface area contributed by atoms with Crippen LogP contribution in [0, 0.1) is 0 Å². The number of para-hydroxylation sites is 2. The number of hydrogen-bond donors (Lipinski definition) is 0. The number of fused-ring (bicyclic) bond motifs is 1. The molecule has 26 heavy (non-hydrogen) atoms. The van der Waals surface area contributed by atoms with Crippen LogP contribution in [0.4, 0.5) is 0 Å². The minimum absolute atomic E-state index is 0. The van der Waals surface area contributed by atoms with Crippen LogP contribution in [-0.2, 0) is 13.6 Å². The summed E-state index contributed by atoms with van der Waals surface area (Å²) in [7, 11) is 2.14. The van der Waals surface area contributed by atoms with Crippen molar-refractivity contribution in [3.63, 3.8) is 0 Å². The number of hydrogen-bond acceptors (Lipinski definition) is 0. The summed E-state index contributed by atoms with van der Waals surface area (Å²) < 4.78 is 4.67. The Labute approximate surface area is 160 Å². The molecule has 0 saturated carbocycles. The summed E-state index contributed by atoms with van der Waals surface area (Å²) in [5.41, 5.74) is 6.11. The highest BCUT2D eigenvalue weighted by Gasteiger charge is 2.25. The average molecular weight is 361 g/mol. The molecule has 3 heteroatoms. The fraction of sp³-hybridized carbons (Fsp3) is 0.0870. The van der Waals surface area contributed by atoms with Crippen molar-refractivity contribution in [3.8, 4) is 11.4 Å². The van der Waals surface area contributed by atoms with Crippen LogP contribution < -0.4 is 17.0 Å². The van der Waals surface area contributed by atoms with Gasteiger partial charge >= 0.3 is 0 Å². The third-order valence-corrected chi connectivity index (χ3v) is 4.71. The van der Waals surface area contributed by atoms with Crippen molar-refractivity contribution in [2.75, 3.05) is 0 Å². The molecule has 0 aliphatic rings. The zero-order valence-electron chi connectivity index (χ0n) is 14.8. The van der Waals surface area contributed by atoms with Gasteiger partial charge in [-0.3, -0.25) is 0 Å². The first-order valence-corrected chi connectivity index (χ1v) is 8.52. The van der Waals surface area contributed by atoms with E-state index in [1.807, 2.05) is 6.08 Å². The normalized spacial score (nSPS) is 10.5. The SMILES string of the molecule is C=Cc1ccccc1-c1n(C)c2ccccc2[n+]1Cc1ccccc1.[Cl-]. The maximum absolute atomic E-state index is 4.00. The van der Waals surface area contributed by atoms with Gasteiger partial charge < -0.3 is 12.4 Å². The van der Waals surface area contributed by atoms with Gasteiger partial charge in [-0.05, 0) is 29.3 Å². The molecule has 130 valence electrons. The van der Waals surface area contributed by atoms with Gasteiger partial charge in [-0.1, -0.05) is 73.3 Å². The average Bonchev–Trinajstić information content (AvgIpc) is 2.95. The van der Waals surface area contributed by atoms with Crippen LogP contribution in [0.15, 0.2) is 85.4 Å². The second kappa shape index (κ2) is 7.59. The zero-order valence-corrected chi connectivity index (χ0v) is 15.5. The molecule has 0 aliphatic heterocycles. The van der Waals surface area contributed by atoms with Crippen molar-refractivity contribution in [1.29, 1.82) is 0 Å². The molecular formula is C23H21ClN2. The Balaban J connectivity index is 0.00000196. The van der Waals surface area contributed by atoms with E-state index in [1.165, 1.54) is 28.0 Å². The molecule has 4 rings (SSSR count). The molecular weight excluding hydrogens is 340 g/mol. The van der Waals surface area contributed by atoms with Gasteiger partial charge in [0.05, 0.1) is 12.6 Å². The lowest BCUT2D eigenvalue weighted by atomic mass is 10.1. The topological polar surface area (TPSA) is 8.81 Å². The Morgan fingerprint density at radius 2 is 1.54 bits per heavy atom. The molecule has 0 bridgehead atoms. The lowest BCUT2D eigenvalue weighted by Gasteiger charge is -2.07. The smallest absolute Gasteiger partial charge is 0.290 e. The standard InChI is InChI=1S/C23H21N2.ClH/c1-3-19-13-7-8-14-20(19)23-24(2)21-15-9-10-16-22(21)25(23)17-18-11-5-4-6-12-18;/h3-16H,1,17H2,2H3;1H/q+1;/p-1. The summed E-state index contributed by atoms with van der Waals surface area (Å²) in [5, 5.41) is 0. The van der Waals surface area contributed by atoms with E-state index < -0.39 is 0 Å². The van der Waals surface area contributed by atoms with Crippen LogP contribution >= 0.6 is 0 Å². The maximum atomic E-state index is 4.00. The number of halogens is 1. The van der Waals surface area contributed by atoms with Gasteiger partial charge in [-0.25, -0.2) is 9.13 Å². The fourth-order valence-electron chi connectivity index (χ4n) is 3.52. The summed E-state index contributed by atoms with van der Waals surface area (Å²) >= 11 is 0. The lowest BCUT2D eigenvalue weighted by Crippen LogP contribution is -3.00. The Morgan fingerprint density at radius 3 is 2.31 bits per heavy atom. The summed E-state index contributed by atoms with van der Waals surface area (Å²) in [5.74, 6) is 1.19. The minimum Gasteiger partial charge on any atom is -1.00 e. The van der Waals surface area contributed by atoms with Gasteiger partial charge in [0, 0.05) is 0 Å². The molecule has 0 unspecified atom stereocenters. The fourth-order valence-corrected chi connectivity index (χ4v) is 3.52. The monoisotopic (exact) mass is 360 g/mol. The van der Waals surface area contributed by atoms with E-state index in [0.717, 1.165) is 12.1 Å². The molecule has 0 fully saturated rings. The number of nitrogens with zero attached hydrogens (tertiary/aromatic N) is 2. The van der Waals surface area contributed by atoms with E-state index in [4.69, 9.17) is 0 Å². The maximum Gasteiger partial charge on any atom is 0.290 e. The Bertz CT molecular complexity index is 1050. The summed E-state index contributed by atoms with van der Waals surface area (Å²) in [4.78, 5) is 0. The van der Waals surface area contributed by atoms with E-state index in [2.05, 4.69) is 102 Å². The van der Waals surface area contributed by atoms with Crippen LogP contribution in [0.3, 0.4) is 0 Å². The van der Waals surface area contributed by atoms with Crippen LogP contribution in [-0.4, -0.2) is 4.57 Å². The molecule has 0 spiro atoms. The van der Waals surface area contributed by atoms with E-state index in [0.29, 0.717) is 0 Å². The van der Waals surface area contributed by atoms with E-state index >= 15 is 0 Å². The molecule has 1 heterocycles. The van der Waals surface area contributed by atoms with Crippen LogP contribution in [0.25, 0.3) is 28.5 Å². The second-order valence-corrected chi connectivity index (χ2v) is 6.23. The molecule has 0 radical (unpaired) electrons. The Kier molecular flexibility index (Phi) is 5.24. The lowest BCUT2D eigenvalue weighted by molar-refractivity contribution is -0.651. The van der Waals surface area contributed by atoms with Crippen LogP contribution in [0.5, 0.6) is 0 Å². The van der Waals surface area contributed by atoms with Crippen molar-refractivity contribution >= 4 is 17.1 Å². The predicted octanol–water partition coefficient (Wildman–Crippen LogP) is 1.83. The molecule has 0 N–H and O–H groups in total. The molecule has 1 aromatic heterocycles. The number of rotatable bonds is 4. The first-order valence-electron chi connectivity index (χ1n) is 8.52. The Hall–Kier alpha value is -2.84. The van der Waals surface area contributed by atoms with Gasteiger partial charge in [-0.15, -0.1) is 0 Å². The third-order valence-electron chi connectivity index (χ3n) is 4.71. The number of benzene rings is 3. The van der Waals surface area contributed by atoms with Crippen molar-refractivity contribution < 1.29 is 17.0 Å². The highest BCUT2D eigenvalue weighted by atomic mass is 35.5. The predicted molar refractivity (Wildman–Crippen MR) is 104 cm³/mol. The highest BCUT2D eigenvalue weighted by molar-refractivity contribution is 5.78. The molecule has 2 nitrogen and oxygen atoms in total. The van der Waals surface area contributed by atoms with Crippen LogP contribution in [0.2, 0.25) is 0 Å². The second-order valence-electron chi connectivity index (χ2n) is 6.23. The van der Waals surface area contributed by atoms with Gasteiger partial charge in [0.1, 0.15) is 6.54 Å². The first-order chi connectivity index (χ1) is 12.3. The van der Waals surface area contributed by atoms with Gasteiger partial charge in [0.15, 0.2) is 11.0 Å². The van der Waals surface area contributed by atoms with Crippen LogP contribution in [0.1, 0.15) is 11.1 Å². The van der Waals surface area contributed by atoms with Crippen molar-refractivity contribution in [2.45, 2.75) is 6.54 Å². The summed E-state index contributed by atoms with van der Waals surface area (Å²) in [6.45, 7) is 4.83. The van der Waals surface area contributed by atoms with Crippen molar-refractivity contribution in [3.05, 3.63) is 96.6 Å². The number of imidazole rings is 1. The molecule has 4 aromatic rings. The summed E-state index contributed by atoms with van der Waals surface area (Å²) in [6, 6.07) is 27.6. The molecule has 0 saturated heterocycles. The zero-order chi connectivity index (χ0) is 17.2. The van der Waals surface area contributed by atoms with Gasteiger partial charge in [0.2, 0.25) is 0 Å². The van der Waals surface area contributed by atoms with E-state index in [9.17, 15) is 0 Å². The third kappa shape index (κ3) is 3.04. The molecule has 0 atom stereocenters. The highest BCUT2D eigenvalue weighted by Crippen LogP contribution is 2.26. The van der Waals surface area contributed by atoms with E-state index in [1.54, 1.807) is 0 Å². The van der Waals surface area contributed by atoms with Crippen molar-refractivity contribution in [2.24, 2.45) is 7.05 Å². The Morgan fingerprint density at radius 1 is 0.885 bits per heavy atom. The number of aryl methyl sites for hydroxylation is 1. The first kappa shape index (κ1) is 18.0. The quantitative estimate of drug-likeness (QED) is 0.491. The molecule has 3 aromatic carbocycles. The van der Waals surface area contributed by atoms with Crippen molar-refractivity contribution in [1.82, 2.24) is 4.57 Å². The molecule has 0 amide bonds. The largest absolute Gasteiger partial charge is 1.00 e. The van der Waals surface area contributed by atoms with Gasteiger partial charge in [0.25, 0.3) is 5.82 Å².